The first kappa shape index (κ1) is 18.4. The van der Waals surface area contributed by atoms with Crippen LogP contribution in [0.4, 0.5) is 0 Å². The van der Waals surface area contributed by atoms with Crippen LogP contribution in [0.1, 0.15) is 10.4 Å². The number of nitrogens with one attached hydrogen (secondary N) is 2. The van der Waals surface area contributed by atoms with Crippen molar-refractivity contribution in [2.45, 2.75) is 13.0 Å². The van der Waals surface area contributed by atoms with Crippen molar-refractivity contribution >= 4 is 57.2 Å². The Hall–Kier alpha value is -0.600. The number of nitrogens with zero attached hydrogens (tertiary/aromatic N) is 1. The lowest BCUT2D eigenvalue weighted by atomic mass is 10.2. The van der Waals surface area contributed by atoms with E-state index in [2.05, 4.69) is 61.2 Å². The number of hydrogen-bond donors (Lipinski definition) is 2. The maximum absolute atomic E-state index is 4.23. The molecule has 0 unspecified atom stereocenters. The molecular formula is C15H19BrIN3S. The number of hydrogen-bond acceptors (Lipinski definition) is 2. The number of benzene rings is 1. The summed E-state index contributed by atoms with van der Waals surface area (Å²) in [4.78, 5) is 5.62. The van der Waals surface area contributed by atoms with Crippen LogP contribution >= 0.6 is 51.2 Å². The van der Waals surface area contributed by atoms with Gasteiger partial charge in [-0.2, -0.15) is 0 Å². The van der Waals surface area contributed by atoms with E-state index in [1.807, 2.05) is 12.1 Å². The second-order valence-corrected chi connectivity index (χ2v) is 6.26. The van der Waals surface area contributed by atoms with Crippen LogP contribution in [0, 0.1) is 0 Å². The highest BCUT2D eigenvalue weighted by Crippen LogP contribution is 2.11. The molecule has 2 rings (SSSR count). The highest BCUT2D eigenvalue weighted by atomic mass is 127. The van der Waals surface area contributed by atoms with Crippen LogP contribution in [0.2, 0.25) is 0 Å². The largest absolute Gasteiger partial charge is 0.356 e. The predicted molar refractivity (Wildman–Crippen MR) is 106 cm³/mol. The third-order valence-corrected chi connectivity index (χ3v) is 4.25. The van der Waals surface area contributed by atoms with E-state index in [0.29, 0.717) is 0 Å². The van der Waals surface area contributed by atoms with Gasteiger partial charge < -0.3 is 10.6 Å². The molecule has 1 aromatic heterocycles. The summed E-state index contributed by atoms with van der Waals surface area (Å²) in [5, 5.41) is 8.75. The van der Waals surface area contributed by atoms with Crippen LogP contribution in [0.5, 0.6) is 0 Å². The van der Waals surface area contributed by atoms with Gasteiger partial charge in [-0.15, -0.1) is 35.3 Å². The van der Waals surface area contributed by atoms with Crippen LogP contribution in [-0.2, 0) is 13.0 Å². The van der Waals surface area contributed by atoms with Gasteiger partial charge in [0.25, 0.3) is 0 Å². The van der Waals surface area contributed by atoms with E-state index >= 15 is 0 Å². The van der Waals surface area contributed by atoms with E-state index < -0.39 is 0 Å². The molecule has 21 heavy (non-hydrogen) atoms. The van der Waals surface area contributed by atoms with Crippen LogP contribution in [0.3, 0.4) is 0 Å². The Morgan fingerprint density at radius 2 is 2.10 bits per heavy atom. The van der Waals surface area contributed by atoms with Crippen molar-refractivity contribution in [1.29, 1.82) is 0 Å². The molecule has 0 atom stereocenters. The third kappa shape index (κ3) is 6.80. The zero-order chi connectivity index (χ0) is 14.2. The lowest BCUT2D eigenvalue weighted by molar-refractivity contribution is 0.799. The normalized spacial score (nSPS) is 10.9. The predicted octanol–water partition coefficient (Wildman–Crippen LogP) is 4.04. The summed E-state index contributed by atoms with van der Waals surface area (Å²) in [6, 6.07) is 12.5. The Balaban J connectivity index is 0.00000220. The van der Waals surface area contributed by atoms with Crippen LogP contribution < -0.4 is 10.6 Å². The average Bonchev–Trinajstić information content (AvgIpc) is 2.96. The molecule has 0 amide bonds. The SMILES string of the molecule is CN=C(NCCc1cccs1)NCc1cccc(Br)c1.I. The number of aliphatic imine (C=N–C) groups is 1. The van der Waals surface area contributed by atoms with E-state index in [1.165, 1.54) is 10.4 Å². The van der Waals surface area contributed by atoms with Gasteiger partial charge >= 0.3 is 0 Å². The molecule has 3 nitrogen and oxygen atoms in total. The van der Waals surface area contributed by atoms with Gasteiger partial charge in [-0.05, 0) is 35.6 Å². The molecule has 1 heterocycles. The second-order valence-electron chi connectivity index (χ2n) is 4.31. The third-order valence-electron chi connectivity index (χ3n) is 2.82. The Bertz CT molecular complexity index is 558. The number of guanidine groups is 1. The van der Waals surface area contributed by atoms with E-state index in [9.17, 15) is 0 Å². The van der Waals surface area contributed by atoms with Crippen molar-refractivity contribution in [2.24, 2.45) is 4.99 Å². The minimum atomic E-state index is 0. The molecule has 0 aliphatic carbocycles. The standard InChI is InChI=1S/C15H18BrN3S.HI/c1-17-15(18-8-7-14-6-3-9-20-14)19-11-12-4-2-5-13(16)10-12;/h2-6,9-10H,7-8,11H2,1H3,(H2,17,18,19);1H. The fourth-order valence-electron chi connectivity index (χ4n) is 1.81. The van der Waals surface area contributed by atoms with Crippen molar-refractivity contribution in [2.75, 3.05) is 13.6 Å². The molecular weight excluding hydrogens is 461 g/mol. The summed E-state index contributed by atoms with van der Waals surface area (Å²) in [6.45, 7) is 1.65. The van der Waals surface area contributed by atoms with Gasteiger partial charge in [0, 0.05) is 29.5 Å². The molecule has 0 fully saturated rings. The smallest absolute Gasteiger partial charge is 0.191 e. The molecule has 0 radical (unpaired) electrons. The van der Waals surface area contributed by atoms with Crippen molar-refractivity contribution in [3.05, 3.63) is 56.7 Å². The monoisotopic (exact) mass is 479 g/mol. The Kier molecular flexibility index (Phi) is 8.94. The first-order valence-corrected chi connectivity index (χ1v) is 8.16. The second kappa shape index (κ2) is 10.2. The van der Waals surface area contributed by atoms with Crippen LogP contribution in [0.15, 0.2) is 51.2 Å². The Labute approximate surface area is 155 Å². The summed E-state index contributed by atoms with van der Waals surface area (Å²) < 4.78 is 1.09. The first-order valence-electron chi connectivity index (χ1n) is 6.49. The number of rotatable bonds is 5. The summed E-state index contributed by atoms with van der Waals surface area (Å²) in [5.41, 5.74) is 1.22. The molecule has 2 N–H and O–H groups in total. The molecule has 0 bridgehead atoms. The van der Waals surface area contributed by atoms with E-state index in [4.69, 9.17) is 0 Å². The van der Waals surface area contributed by atoms with Gasteiger partial charge in [0.2, 0.25) is 0 Å². The van der Waals surface area contributed by atoms with E-state index in [0.717, 1.165) is 29.9 Å². The van der Waals surface area contributed by atoms with Crippen molar-refractivity contribution < 1.29 is 0 Å². The van der Waals surface area contributed by atoms with Crippen molar-refractivity contribution in [3.8, 4) is 0 Å². The minimum absolute atomic E-state index is 0. The van der Waals surface area contributed by atoms with E-state index in [1.54, 1.807) is 18.4 Å². The van der Waals surface area contributed by atoms with Gasteiger partial charge in [-0.1, -0.05) is 34.1 Å². The number of halogens is 2. The van der Waals surface area contributed by atoms with Crippen LogP contribution in [-0.4, -0.2) is 19.6 Å². The zero-order valence-corrected chi connectivity index (χ0v) is 16.5. The summed E-state index contributed by atoms with van der Waals surface area (Å²) in [5.74, 6) is 0.835. The molecule has 1 aromatic carbocycles. The highest BCUT2D eigenvalue weighted by molar-refractivity contribution is 14.0. The maximum Gasteiger partial charge on any atom is 0.191 e. The topological polar surface area (TPSA) is 36.4 Å². The Morgan fingerprint density at radius 1 is 1.24 bits per heavy atom. The quantitative estimate of drug-likeness (QED) is 0.385. The maximum atomic E-state index is 4.23. The molecule has 0 aliphatic rings. The fraction of sp³-hybridized carbons (Fsp3) is 0.267. The summed E-state index contributed by atoms with van der Waals surface area (Å²) >= 11 is 5.27. The van der Waals surface area contributed by atoms with Crippen molar-refractivity contribution in [1.82, 2.24) is 10.6 Å². The molecule has 6 heteroatoms. The highest BCUT2D eigenvalue weighted by Gasteiger charge is 1.99. The van der Waals surface area contributed by atoms with Gasteiger partial charge in [0.1, 0.15) is 0 Å². The van der Waals surface area contributed by atoms with Crippen molar-refractivity contribution in [3.63, 3.8) is 0 Å². The molecule has 2 aromatic rings. The van der Waals surface area contributed by atoms with Gasteiger partial charge in [-0.25, -0.2) is 0 Å². The lowest BCUT2D eigenvalue weighted by Crippen LogP contribution is -2.37. The zero-order valence-electron chi connectivity index (χ0n) is 11.8. The minimum Gasteiger partial charge on any atom is -0.356 e. The summed E-state index contributed by atoms with van der Waals surface area (Å²) in [7, 11) is 1.79. The fourth-order valence-corrected chi connectivity index (χ4v) is 2.97. The lowest BCUT2D eigenvalue weighted by Gasteiger charge is -2.11. The average molecular weight is 480 g/mol. The molecule has 0 aliphatic heterocycles. The summed E-state index contributed by atoms with van der Waals surface area (Å²) in [6.07, 6.45) is 1.02. The first-order chi connectivity index (χ1) is 9.78. The molecule has 114 valence electrons. The Morgan fingerprint density at radius 3 is 2.76 bits per heavy atom. The molecule has 0 spiro atoms. The molecule has 0 saturated heterocycles. The van der Waals surface area contributed by atoms with Crippen LogP contribution in [0.25, 0.3) is 0 Å². The van der Waals surface area contributed by atoms with Gasteiger partial charge in [0.15, 0.2) is 5.96 Å². The molecule has 0 saturated carbocycles. The van der Waals surface area contributed by atoms with E-state index in [-0.39, 0.29) is 24.0 Å². The van der Waals surface area contributed by atoms with Gasteiger partial charge in [0.05, 0.1) is 0 Å². The number of thiophene rings is 1. The van der Waals surface area contributed by atoms with Gasteiger partial charge in [-0.3, -0.25) is 4.99 Å².